The molecule has 0 bridgehead atoms. The fraction of sp³-hybridized carbons (Fsp3) is 0.0256. The molecule has 0 unspecified atom stereocenters. The molecule has 232 valence electrons. The fourth-order valence-electron chi connectivity index (χ4n) is 6.15. The number of anilines is 4. The molecule has 7 nitrogen and oxygen atoms in total. The van der Waals surface area contributed by atoms with Crippen LogP contribution < -0.4 is 19.3 Å². The van der Waals surface area contributed by atoms with Crippen molar-refractivity contribution in [1.29, 1.82) is 0 Å². The summed E-state index contributed by atoms with van der Waals surface area (Å²) in [4.78, 5) is 10.9. The molecule has 7 aromatic rings. The summed E-state index contributed by atoms with van der Waals surface area (Å²) >= 11 is 0. The number of hydrogen-bond donors (Lipinski definition) is 0. The zero-order valence-corrected chi connectivity index (χ0v) is 27.4. The van der Waals surface area contributed by atoms with Crippen LogP contribution in [0.3, 0.4) is 0 Å². The van der Waals surface area contributed by atoms with Gasteiger partial charge in [-0.1, -0.05) is 59.4 Å². The number of nitrogens with zero attached hydrogens (tertiary/aromatic N) is 5. The van der Waals surface area contributed by atoms with Crippen molar-refractivity contribution in [2.75, 3.05) is 16.8 Å². The third-order valence-corrected chi connectivity index (χ3v) is 8.22. The van der Waals surface area contributed by atoms with Crippen molar-refractivity contribution < 1.29 is 30.5 Å². The summed E-state index contributed by atoms with van der Waals surface area (Å²) in [6.07, 6.45) is 5.84. The molecule has 8 heteroatoms. The van der Waals surface area contributed by atoms with E-state index >= 15 is 0 Å². The summed E-state index contributed by atoms with van der Waals surface area (Å²) in [7, 11) is 2.00. The molecule has 0 atom stereocenters. The van der Waals surface area contributed by atoms with Gasteiger partial charge >= 0.3 is 0 Å². The van der Waals surface area contributed by atoms with E-state index in [0.717, 1.165) is 50.4 Å². The van der Waals surface area contributed by atoms with Gasteiger partial charge in [-0.25, -0.2) is 4.98 Å². The van der Waals surface area contributed by atoms with Gasteiger partial charge in [0, 0.05) is 32.8 Å². The quantitative estimate of drug-likeness (QED) is 0.162. The van der Waals surface area contributed by atoms with Crippen LogP contribution in [0.1, 0.15) is 0 Å². The molecular weight excluding hydrogens is 766 g/mol. The Morgan fingerprint density at radius 3 is 2.28 bits per heavy atom. The average molecular weight is 792 g/mol. The number of fused-ring (bicyclic) bond motifs is 5. The smallest absolute Gasteiger partial charge is 0.193 e. The van der Waals surface area contributed by atoms with Crippen molar-refractivity contribution in [3.63, 3.8) is 0 Å². The van der Waals surface area contributed by atoms with Crippen molar-refractivity contribution in [3.05, 3.63) is 153 Å². The summed E-state index contributed by atoms with van der Waals surface area (Å²) in [5.41, 5.74) is 5.32. The summed E-state index contributed by atoms with van der Waals surface area (Å²) in [5.74, 6) is 3.42. The molecule has 0 radical (unpaired) electrons. The first kappa shape index (κ1) is 28.9. The Kier molecular flexibility index (Phi) is 7.19. The standard InChI is InChI=1S/C39H26N5O2.Pt/c1-41-22-23-42(26-41)27-10-8-11-28(24-27)43(33-14-9-17-37-39(33)46-36-16-5-4-15-35(36)45-37)29-19-20-31-30-12-2-3-13-32(30)44(34(31)25-29)38-18-6-7-21-40-38;/h2-23,26H,1H3;/q-3;. The van der Waals surface area contributed by atoms with E-state index in [9.17, 15) is 0 Å². The molecule has 2 aliphatic rings. The molecule has 0 N–H and O–H groups in total. The molecule has 2 aromatic heterocycles. The number of ether oxygens (including phenoxy) is 2. The minimum absolute atomic E-state index is 0. The van der Waals surface area contributed by atoms with Crippen LogP contribution in [0.4, 0.5) is 22.7 Å². The minimum atomic E-state index is 0. The molecule has 2 aliphatic heterocycles. The van der Waals surface area contributed by atoms with Gasteiger partial charge in [-0.05, 0) is 67.3 Å². The predicted molar refractivity (Wildman–Crippen MR) is 181 cm³/mol. The largest absolute Gasteiger partial charge is 0.510 e. The molecule has 0 saturated heterocycles. The van der Waals surface area contributed by atoms with E-state index in [4.69, 9.17) is 14.5 Å². The molecule has 0 amide bonds. The number of aromatic nitrogens is 2. The molecule has 0 spiro atoms. The summed E-state index contributed by atoms with van der Waals surface area (Å²) in [5, 5.41) is 2.23. The number of rotatable bonds is 5. The van der Waals surface area contributed by atoms with Crippen LogP contribution in [-0.2, 0) is 21.1 Å². The topological polar surface area (TPSA) is 46.0 Å². The van der Waals surface area contributed by atoms with Gasteiger partial charge in [0.05, 0.1) is 5.69 Å². The van der Waals surface area contributed by atoms with E-state index in [1.54, 1.807) is 0 Å². The Morgan fingerprint density at radius 1 is 0.681 bits per heavy atom. The second-order valence-corrected chi connectivity index (χ2v) is 11.1. The maximum atomic E-state index is 6.56. The van der Waals surface area contributed by atoms with Crippen LogP contribution >= 0.6 is 0 Å². The van der Waals surface area contributed by atoms with Crippen molar-refractivity contribution in [1.82, 2.24) is 14.5 Å². The maximum absolute atomic E-state index is 6.56. The number of benzene rings is 5. The Bertz CT molecular complexity index is 2300. The van der Waals surface area contributed by atoms with Crippen molar-refractivity contribution in [2.45, 2.75) is 0 Å². The van der Waals surface area contributed by atoms with Crippen LogP contribution in [0.2, 0.25) is 0 Å². The van der Waals surface area contributed by atoms with Crippen molar-refractivity contribution in [2.24, 2.45) is 0 Å². The Hall–Kier alpha value is -5.52. The first-order valence-corrected chi connectivity index (χ1v) is 15.0. The van der Waals surface area contributed by atoms with Crippen LogP contribution in [0.15, 0.2) is 134 Å². The minimum Gasteiger partial charge on any atom is -0.510 e. The van der Waals surface area contributed by atoms with Gasteiger partial charge in [0.2, 0.25) is 0 Å². The molecule has 47 heavy (non-hydrogen) atoms. The van der Waals surface area contributed by atoms with Gasteiger partial charge in [0.15, 0.2) is 23.0 Å². The Labute approximate surface area is 286 Å². The van der Waals surface area contributed by atoms with Gasteiger partial charge in [0.25, 0.3) is 0 Å². The Morgan fingerprint density at radius 2 is 1.45 bits per heavy atom. The number of hydrogen-bond acceptors (Lipinski definition) is 6. The molecule has 0 saturated carbocycles. The van der Waals surface area contributed by atoms with E-state index in [2.05, 4.69) is 64.1 Å². The monoisotopic (exact) mass is 791 g/mol. The zero-order valence-electron chi connectivity index (χ0n) is 25.1. The first-order valence-electron chi connectivity index (χ1n) is 15.0. The van der Waals surface area contributed by atoms with E-state index in [-0.39, 0.29) is 21.1 Å². The van der Waals surface area contributed by atoms with Crippen LogP contribution in [0.25, 0.3) is 27.6 Å². The van der Waals surface area contributed by atoms with Gasteiger partial charge < -0.3 is 28.7 Å². The van der Waals surface area contributed by atoms with Gasteiger partial charge in [0.1, 0.15) is 5.82 Å². The van der Waals surface area contributed by atoms with Gasteiger partial charge in [-0.15, -0.1) is 41.4 Å². The Balaban J connectivity index is 0.00000324. The van der Waals surface area contributed by atoms with E-state index < -0.39 is 0 Å². The van der Waals surface area contributed by atoms with Crippen molar-refractivity contribution in [3.8, 4) is 28.8 Å². The third-order valence-electron chi connectivity index (χ3n) is 8.22. The molecule has 4 heterocycles. The molecule has 9 rings (SSSR count). The SMILES string of the molecule is CN1C=CN(c2[c-]c(N(c3[c-]c4c(cc3)c3ccccc3n4-c3ccccn3)c3cccc4c3Oc3ccccc3O4)ccc2)[CH-]1.[Pt]. The van der Waals surface area contributed by atoms with E-state index in [1.807, 2.05) is 115 Å². The molecule has 0 fully saturated rings. The average Bonchev–Trinajstić information content (AvgIpc) is 3.69. The summed E-state index contributed by atoms with van der Waals surface area (Å²) in [6.45, 7) is 2.02. The molecule has 5 aromatic carbocycles. The number of pyridine rings is 1. The van der Waals surface area contributed by atoms with E-state index in [1.165, 1.54) is 0 Å². The predicted octanol–water partition coefficient (Wildman–Crippen LogP) is 9.49. The van der Waals surface area contributed by atoms with Gasteiger partial charge in [-0.2, -0.15) is 18.8 Å². The number of para-hydroxylation sites is 4. The normalized spacial score (nSPS) is 13.1. The first-order chi connectivity index (χ1) is 22.7. The second kappa shape index (κ2) is 11.7. The van der Waals surface area contributed by atoms with Crippen LogP contribution in [0.5, 0.6) is 23.0 Å². The van der Waals surface area contributed by atoms with Gasteiger partial charge in [-0.3, -0.25) is 0 Å². The van der Waals surface area contributed by atoms with Crippen LogP contribution in [-0.4, -0.2) is 21.5 Å². The maximum Gasteiger partial charge on any atom is 0.193 e. The zero-order chi connectivity index (χ0) is 30.6. The van der Waals surface area contributed by atoms with Crippen molar-refractivity contribution >= 4 is 44.6 Å². The second-order valence-electron chi connectivity index (χ2n) is 11.1. The fourth-order valence-corrected chi connectivity index (χ4v) is 6.15. The van der Waals surface area contributed by atoms with Crippen LogP contribution in [0, 0.1) is 18.8 Å². The summed E-state index contributed by atoms with van der Waals surface area (Å²) < 4.78 is 15.1. The molecular formula is C39H26N5O2Pt-3. The third kappa shape index (κ3) is 4.91. The summed E-state index contributed by atoms with van der Waals surface area (Å²) in [6, 6.07) is 45.9. The molecule has 0 aliphatic carbocycles. The van der Waals surface area contributed by atoms with E-state index in [0.29, 0.717) is 23.0 Å².